The van der Waals surface area contributed by atoms with Crippen LogP contribution in [0.15, 0.2) is 35.5 Å². The quantitative estimate of drug-likeness (QED) is 0.714. The number of carbonyl (C=O) groups is 1. The first-order chi connectivity index (χ1) is 11.1. The van der Waals surface area contributed by atoms with Crippen LogP contribution in [0.25, 0.3) is 5.69 Å². The molecule has 9 heteroatoms. The predicted octanol–water partition coefficient (Wildman–Crippen LogP) is 2.47. The number of rotatable bonds is 5. The fourth-order valence-corrected chi connectivity index (χ4v) is 3.33. The Hall–Kier alpha value is -2.26. The number of thioether (sulfide) groups is 1. The molecule has 0 spiro atoms. The van der Waals surface area contributed by atoms with Crippen molar-refractivity contribution in [2.24, 2.45) is 0 Å². The number of aromatic nitrogens is 5. The van der Waals surface area contributed by atoms with Crippen molar-refractivity contribution in [1.82, 2.24) is 25.2 Å². The van der Waals surface area contributed by atoms with E-state index >= 15 is 0 Å². The number of hydrogen-bond donors (Lipinski definition) is 1. The Morgan fingerprint density at radius 1 is 1.30 bits per heavy atom. The van der Waals surface area contributed by atoms with Gasteiger partial charge in [-0.2, -0.15) is 4.68 Å². The maximum absolute atomic E-state index is 12.0. The Kier molecular flexibility index (Phi) is 4.68. The molecule has 2 heterocycles. The Morgan fingerprint density at radius 3 is 2.78 bits per heavy atom. The van der Waals surface area contributed by atoms with Crippen LogP contribution in [0.3, 0.4) is 0 Å². The molecule has 0 saturated carbocycles. The van der Waals surface area contributed by atoms with Gasteiger partial charge in [-0.3, -0.25) is 4.79 Å². The van der Waals surface area contributed by atoms with Crippen LogP contribution >= 0.6 is 23.1 Å². The lowest BCUT2D eigenvalue weighted by Crippen LogP contribution is -2.14. The SMILES string of the molecule is Cc1nc(NC(=O)CSc2nnnn2-c2ccccc2)sc1C. The van der Waals surface area contributed by atoms with Gasteiger partial charge in [-0.15, -0.1) is 16.4 Å². The smallest absolute Gasteiger partial charge is 0.236 e. The molecule has 1 aromatic carbocycles. The second-order valence-corrected chi connectivity index (χ2v) is 6.85. The summed E-state index contributed by atoms with van der Waals surface area (Å²) in [6.07, 6.45) is 0. The van der Waals surface area contributed by atoms with Crippen LogP contribution in [0.5, 0.6) is 0 Å². The standard InChI is InChI=1S/C14H14N6OS2/c1-9-10(2)23-13(15-9)16-12(21)8-22-14-17-18-19-20(14)11-6-4-3-5-7-11/h3-7H,8H2,1-2H3,(H,15,16,21). The van der Waals surface area contributed by atoms with Gasteiger partial charge in [0.1, 0.15) is 0 Å². The summed E-state index contributed by atoms with van der Waals surface area (Å²) in [4.78, 5) is 17.4. The molecule has 7 nitrogen and oxygen atoms in total. The monoisotopic (exact) mass is 346 g/mol. The third-order valence-corrected chi connectivity index (χ3v) is 4.96. The second-order valence-electron chi connectivity index (χ2n) is 4.71. The van der Waals surface area contributed by atoms with Gasteiger partial charge in [-0.05, 0) is 36.4 Å². The molecule has 1 N–H and O–H groups in total. The minimum atomic E-state index is -0.133. The molecule has 0 unspecified atom stereocenters. The Morgan fingerprint density at radius 2 is 2.09 bits per heavy atom. The number of anilines is 1. The maximum atomic E-state index is 12.0. The lowest BCUT2D eigenvalue weighted by atomic mass is 10.3. The maximum Gasteiger partial charge on any atom is 0.236 e. The molecule has 0 saturated heterocycles. The summed E-state index contributed by atoms with van der Waals surface area (Å²) >= 11 is 2.75. The number of benzene rings is 1. The van der Waals surface area contributed by atoms with Gasteiger partial charge < -0.3 is 5.32 Å². The second kappa shape index (κ2) is 6.88. The van der Waals surface area contributed by atoms with Gasteiger partial charge in [0.2, 0.25) is 11.1 Å². The summed E-state index contributed by atoms with van der Waals surface area (Å²) in [7, 11) is 0. The normalized spacial score (nSPS) is 10.7. The summed E-state index contributed by atoms with van der Waals surface area (Å²) in [6, 6.07) is 9.55. The number of tetrazole rings is 1. The fraction of sp³-hybridized carbons (Fsp3) is 0.214. The van der Waals surface area contributed by atoms with E-state index in [9.17, 15) is 4.79 Å². The van der Waals surface area contributed by atoms with Crippen molar-refractivity contribution in [3.8, 4) is 5.69 Å². The number of thiazole rings is 1. The average molecular weight is 346 g/mol. The van der Waals surface area contributed by atoms with Crippen LogP contribution in [0.1, 0.15) is 10.6 Å². The first kappa shape index (κ1) is 15.6. The molecule has 0 aliphatic carbocycles. The van der Waals surface area contributed by atoms with Crippen LogP contribution in [-0.2, 0) is 4.79 Å². The van der Waals surface area contributed by atoms with Crippen molar-refractivity contribution in [1.29, 1.82) is 0 Å². The summed E-state index contributed by atoms with van der Waals surface area (Å²) < 4.78 is 1.61. The molecule has 0 radical (unpaired) electrons. The third-order valence-electron chi connectivity index (χ3n) is 3.05. The molecule has 23 heavy (non-hydrogen) atoms. The van der Waals surface area contributed by atoms with Crippen LogP contribution in [0.2, 0.25) is 0 Å². The van der Waals surface area contributed by atoms with Gasteiger partial charge in [0, 0.05) is 4.88 Å². The first-order valence-electron chi connectivity index (χ1n) is 6.84. The van der Waals surface area contributed by atoms with Crippen molar-refractivity contribution in [2.45, 2.75) is 19.0 Å². The summed E-state index contributed by atoms with van der Waals surface area (Å²) in [5.41, 5.74) is 1.79. The van der Waals surface area contributed by atoms with Crippen LogP contribution in [-0.4, -0.2) is 36.9 Å². The van der Waals surface area contributed by atoms with Crippen LogP contribution < -0.4 is 5.32 Å². The molecule has 118 valence electrons. The van der Waals surface area contributed by atoms with Gasteiger partial charge in [0.25, 0.3) is 0 Å². The molecule has 0 aliphatic heterocycles. The zero-order valence-electron chi connectivity index (χ0n) is 12.6. The van der Waals surface area contributed by atoms with Crippen molar-refractivity contribution in [3.05, 3.63) is 40.9 Å². The number of aryl methyl sites for hydroxylation is 2. The number of hydrogen-bond acceptors (Lipinski definition) is 7. The molecule has 0 fully saturated rings. The van der Waals surface area contributed by atoms with Crippen LogP contribution in [0, 0.1) is 13.8 Å². The van der Waals surface area contributed by atoms with E-state index in [4.69, 9.17) is 0 Å². The summed E-state index contributed by atoms with van der Waals surface area (Å²) in [5.74, 6) is 0.0802. The number of para-hydroxylation sites is 1. The average Bonchev–Trinajstić information content (AvgIpc) is 3.13. The van der Waals surface area contributed by atoms with Crippen molar-refractivity contribution >= 4 is 34.1 Å². The molecule has 3 aromatic rings. The highest BCUT2D eigenvalue weighted by Gasteiger charge is 2.13. The molecule has 0 bridgehead atoms. The van der Waals surface area contributed by atoms with Crippen molar-refractivity contribution < 1.29 is 4.79 Å². The summed E-state index contributed by atoms with van der Waals surface area (Å²) in [5, 5.41) is 15.6. The van der Waals surface area contributed by atoms with E-state index in [0.717, 1.165) is 16.3 Å². The van der Waals surface area contributed by atoms with E-state index in [2.05, 4.69) is 25.8 Å². The molecule has 1 amide bonds. The van der Waals surface area contributed by atoms with Crippen LogP contribution in [0.4, 0.5) is 5.13 Å². The van der Waals surface area contributed by atoms with Gasteiger partial charge in [0.15, 0.2) is 5.13 Å². The number of amides is 1. The zero-order valence-corrected chi connectivity index (χ0v) is 14.2. The van der Waals surface area contributed by atoms with E-state index in [1.807, 2.05) is 44.2 Å². The molecular weight excluding hydrogens is 332 g/mol. The molecule has 2 aromatic heterocycles. The minimum absolute atomic E-state index is 0.133. The van der Waals surface area contributed by atoms with E-state index in [1.54, 1.807) is 4.68 Å². The summed E-state index contributed by atoms with van der Waals surface area (Å²) in [6.45, 7) is 3.90. The van der Waals surface area contributed by atoms with Crippen molar-refractivity contribution in [3.63, 3.8) is 0 Å². The highest BCUT2D eigenvalue weighted by molar-refractivity contribution is 7.99. The highest BCUT2D eigenvalue weighted by atomic mass is 32.2. The minimum Gasteiger partial charge on any atom is -0.301 e. The van der Waals surface area contributed by atoms with Gasteiger partial charge in [0.05, 0.1) is 17.1 Å². The van der Waals surface area contributed by atoms with Crippen molar-refractivity contribution in [2.75, 3.05) is 11.1 Å². The Balaban J connectivity index is 1.63. The van der Waals surface area contributed by atoms with Gasteiger partial charge in [-0.1, -0.05) is 30.0 Å². The number of carbonyl (C=O) groups excluding carboxylic acids is 1. The lowest BCUT2D eigenvalue weighted by Gasteiger charge is -2.04. The van der Waals surface area contributed by atoms with Gasteiger partial charge >= 0.3 is 0 Å². The number of nitrogens with one attached hydrogen (secondary N) is 1. The predicted molar refractivity (Wildman–Crippen MR) is 90.1 cm³/mol. The Bertz CT molecular complexity index is 794. The molecule has 3 rings (SSSR count). The zero-order chi connectivity index (χ0) is 16.2. The van der Waals surface area contributed by atoms with E-state index in [1.165, 1.54) is 23.1 Å². The van der Waals surface area contributed by atoms with Gasteiger partial charge in [-0.25, -0.2) is 4.98 Å². The number of nitrogens with zero attached hydrogens (tertiary/aromatic N) is 5. The molecular formula is C14H14N6OS2. The topological polar surface area (TPSA) is 85.6 Å². The molecule has 0 atom stereocenters. The molecule has 0 aliphatic rings. The van der Waals surface area contributed by atoms with E-state index in [-0.39, 0.29) is 11.7 Å². The fourth-order valence-electron chi connectivity index (χ4n) is 1.81. The third kappa shape index (κ3) is 3.74. The highest BCUT2D eigenvalue weighted by Crippen LogP contribution is 2.22. The lowest BCUT2D eigenvalue weighted by molar-refractivity contribution is -0.113. The Labute approximate surface area is 141 Å². The first-order valence-corrected chi connectivity index (χ1v) is 8.64. The largest absolute Gasteiger partial charge is 0.301 e. The van der Waals surface area contributed by atoms with E-state index in [0.29, 0.717) is 10.3 Å². The van der Waals surface area contributed by atoms with E-state index < -0.39 is 0 Å².